The van der Waals surface area contributed by atoms with Crippen molar-refractivity contribution in [2.45, 2.75) is 19.4 Å². The first-order chi connectivity index (χ1) is 7.99. The fourth-order valence-corrected chi connectivity index (χ4v) is 1.23. The Morgan fingerprint density at radius 3 is 2.53 bits per heavy atom. The van der Waals surface area contributed by atoms with Crippen LogP contribution in [0.1, 0.15) is 13.3 Å². The van der Waals surface area contributed by atoms with Crippen LogP contribution in [0.4, 0.5) is 0 Å². The van der Waals surface area contributed by atoms with Crippen LogP contribution < -0.4 is 10.6 Å². The van der Waals surface area contributed by atoms with Gasteiger partial charge in [0.2, 0.25) is 11.8 Å². The SMILES string of the molecule is COCCCNC(=O)CNC(C)C(=O)N(C)C. The van der Waals surface area contributed by atoms with Crippen molar-refractivity contribution in [3.8, 4) is 0 Å². The van der Waals surface area contributed by atoms with E-state index in [2.05, 4.69) is 10.6 Å². The number of nitrogens with zero attached hydrogens (tertiary/aromatic N) is 1. The van der Waals surface area contributed by atoms with Crippen LogP contribution in [0.5, 0.6) is 0 Å². The summed E-state index contributed by atoms with van der Waals surface area (Å²) < 4.78 is 4.86. The summed E-state index contributed by atoms with van der Waals surface area (Å²) in [7, 11) is 4.99. The van der Waals surface area contributed by atoms with Gasteiger partial charge in [-0.15, -0.1) is 0 Å². The van der Waals surface area contributed by atoms with Gasteiger partial charge in [0.1, 0.15) is 0 Å². The molecule has 0 bridgehead atoms. The van der Waals surface area contributed by atoms with Gasteiger partial charge in [-0.3, -0.25) is 14.9 Å². The topological polar surface area (TPSA) is 70.7 Å². The van der Waals surface area contributed by atoms with Gasteiger partial charge in [0, 0.05) is 34.4 Å². The lowest BCUT2D eigenvalue weighted by atomic mass is 10.3. The minimum absolute atomic E-state index is 0.0443. The molecule has 2 amide bonds. The normalized spacial score (nSPS) is 12.0. The molecule has 0 aliphatic heterocycles. The quantitative estimate of drug-likeness (QED) is 0.550. The molecule has 0 rings (SSSR count). The van der Waals surface area contributed by atoms with Crippen LogP contribution in [0.2, 0.25) is 0 Å². The first kappa shape index (κ1) is 15.9. The zero-order valence-electron chi connectivity index (χ0n) is 11.1. The summed E-state index contributed by atoms with van der Waals surface area (Å²) in [4.78, 5) is 24.3. The third-order valence-corrected chi connectivity index (χ3v) is 2.23. The van der Waals surface area contributed by atoms with Crippen LogP contribution >= 0.6 is 0 Å². The minimum atomic E-state index is -0.352. The third-order valence-electron chi connectivity index (χ3n) is 2.23. The largest absolute Gasteiger partial charge is 0.385 e. The zero-order valence-corrected chi connectivity index (χ0v) is 11.1. The fraction of sp³-hybridized carbons (Fsp3) is 0.818. The van der Waals surface area contributed by atoms with Gasteiger partial charge < -0.3 is 15.0 Å². The molecule has 0 heterocycles. The number of likely N-dealkylation sites (N-methyl/N-ethyl adjacent to an activating group) is 1. The van der Waals surface area contributed by atoms with Crippen LogP contribution in [0.25, 0.3) is 0 Å². The molecule has 0 aliphatic rings. The molecule has 0 saturated carbocycles. The molecule has 6 nitrogen and oxygen atoms in total. The molecular formula is C11H23N3O3. The zero-order chi connectivity index (χ0) is 13.3. The highest BCUT2D eigenvalue weighted by Crippen LogP contribution is 1.87. The van der Waals surface area contributed by atoms with Crippen molar-refractivity contribution in [2.75, 3.05) is 40.9 Å². The highest BCUT2D eigenvalue weighted by molar-refractivity contribution is 5.83. The summed E-state index contributed by atoms with van der Waals surface area (Å²) in [5.74, 6) is -0.156. The van der Waals surface area contributed by atoms with E-state index in [0.717, 1.165) is 6.42 Å². The maximum atomic E-state index is 11.5. The first-order valence-corrected chi connectivity index (χ1v) is 5.69. The van der Waals surface area contributed by atoms with E-state index in [-0.39, 0.29) is 24.4 Å². The van der Waals surface area contributed by atoms with E-state index in [1.807, 2.05) is 0 Å². The number of nitrogens with one attached hydrogen (secondary N) is 2. The van der Waals surface area contributed by atoms with Crippen LogP contribution in [0.3, 0.4) is 0 Å². The van der Waals surface area contributed by atoms with Gasteiger partial charge in [0.25, 0.3) is 0 Å². The molecule has 100 valence electrons. The predicted octanol–water partition coefficient (Wildman–Crippen LogP) is -0.795. The number of hydrogen-bond donors (Lipinski definition) is 2. The number of methoxy groups -OCH3 is 1. The van der Waals surface area contributed by atoms with Crippen molar-refractivity contribution in [1.29, 1.82) is 0 Å². The van der Waals surface area contributed by atoms with E-state index in [1.54, 1.807) is 28.1 Å². The average Bonchev–Trinajstić information content (AvgIpc) is 2.30. The molecule has 0 fully saturated rings. The molecule has 0 radical (unpaired) electrons. The van der Waals surface area contributed by atoms with E-state index in [1.165, 1.54) is 4.90 Å². The summed E-state index contributed by atoms with van der Waals surface area (Å²) in [6.07, 6.45) is 0.786. The van der Waals surface area contributed by atoms with Crippen molar-refractivity contribution in [2.24, 2.45) is 0 Å². The Morgan fingerprint density at radius 2 is 2.00 bits per heavy atom. The number of hydrogen-bond acceptors (Lipinski definition) is 4. The van der Waals surface area contributed by atoms with Crippen molar-refractivity contribution < 1.29 is 14.3 Å². The fourth-order valence-electron chi connectivity index (χ4n) is 1.23. The smallest absolute Gasteiger partial charge is 0.238 e. The predicted molar refractivity (Wildman–Crippen MR) is 65.7 cm³/mol. The van der Waals surface area contributed by atoms with Gasteiger partial charge in [0.05, 0.1) is 12.6 Å². The summed E-state index contributed by atoms with van der Waals surface area (Å²) in [6.45, 7) is 3.10. The second kappa shape index (κ2) is 8.95. The van der Waals surface area contributed by atoms with Crippen LogP contribution in [0, 0.1) is 0 Å². The molecule has 0 aromatic rings. The van der Waals surface area contributed by atoms with Gasteiger partial charge in [-0.2, -0.15) is 0 Å². The second-order valence-electron chi connectivity index (χ2n) is 4.03. The highest BCUT2D eigenvalue weighted by atomic mass is 16.5. The van der Waals surface area contributed by atoms with Gasteiger partial charge >= 0.3 is 0 Å². The maximum Gasteiger partial charge on any atom is 0.238 e. The van der Waals surface area contributed by atoms with Crippen molar-refractivity contribution in [3.63, 3.8) is 0 Å². The van der Waals surface area contributed by atoms with Crippen LogP contribution in [0.15, 0.2) is 0 Å². The molecule has 1 unspecified atom stereocenters. The summed E-state index contributed by atoms with van der Waals surface area (Å²) >= 11 is 0. The van der Waals surface area contributed by atoms with Crippen molar-refractivity contribution in [1.82, 2.24) is 15.5 Å². The van der Waals surface area contributed by atoms with Gasteiger partial charge in [-0.1, -0.05) is 0 Å². The van der Waals surface area contributed by atoms with Crippen LogP contribution in [-0.4, -0.2) is 63.7 Å². The number of ether oxygens (including phenoxy) is 1. The molecule has 0 aromatic carbocycles. The molecule has 0 saturated heterocycles. The number of carbonyl (C=O) groups is 2. The van der Waals surface area contributed by atoms with Gasteiger partial charge in [-0.05, 0) is 13.3 Å². The van der Waals surface area contributed by atoms with E-state index in [0.29, 0.717) is 13.2 Å². The lowest BCUT2D eigenvalue weighted by Crippen LogP contribution is -2.45. The molecule has 0 aliphatic carbocycles. The molecule has 2 N–H and O–H groups in total. The molecule has 0 aromatic heterocycles. The lowest BCUT2D eigenvalue weighted by Gasteiger charge is -2.17. The summed E-state index contributed by atoms with van der Waals surface area (Å²) in [5.41, 5.74) is 0. The Labute approximate surface area is 103 Å². The Kier molecular flexibility index (Phi) is 8.35. The average molecular weight is 245 g/mol. The Morgan fingerprint density at radius 1 is 1.35 bits per heavy atom. The van der Waals surface area contributed by atoms with E-state index in [4.69, 9.17) is 4.74 Å². The first-order valence-electron chi connectivity index (χ1n) is 5.69. The molecule has 17 heavy (non-hydrogen) atoms. The minimum Gasteiger partial charge on any atom is -0.385 e. The molecular weight excluding hydrogens is 222 g/mol. The molecule has 0 spiro atoms. The van der Waals surface area contributed by atoms with E-state index < -0.39 is 0 Å². The number of amides is 2. The Balaban J connectivity index is 3.66. The molecule has 6 heteroatoms. The summed E-state index contributed by atoms with van der Waals surface area (Å²) in [6, 6.07) is -0.352. The third kappa shape index (κ3) is 7.70. The van der Waals surface area contributed by atoms with Crippen LogP contribution in [-0.2, 0) is 14.3 Å². The van der Waals surface area contributed by atoms with E-state index >= 15 is 0 Å². The standard InChI is InChI=1S/C11H23N3O3/c1-9(11(16)14(2)3)13-8-10(15)12-6-5-7-17-4/h9,13H,5-8H2,1-4H3,(H,12,15). The second-order valence-corrected chi connectivity index (χ2v) is 4.03. The van der Waals surface area contributed by atoms with Gasteiger partial charge in [0.15, 0.2) is 0 Å². The maximum absolute atomic E-state index is 11.5. The molecule has 1 atom stereocenters. The Hall–Kier alpha value is -1.14. The lowest BCUT2D eigenvalue weighted by molar-refractivity contribution is -0.130. The van der Waals surface area contributed by atoms with E-state index in [9.17, 15) is 9.59 Å². The summed E-state index contributed by atoms with van der Waals surface area (Å²) in [5, 5.41) is 5.60. The number of carbonyl (C=O) groups excluding carboxylic acids is 2. The highest BCUT2D eigenvalue weighted by Gasteiger charge is 2.14. The number of rotatable bonds is 8. The van der Waals surface area contributed by atoms with Crippen molar-refractivity contribution >= 4 is 11.8 Å². The monoisotopic (exact) mass is 245 g/mol. The van der Waals surface area contributed by atoms with Crippen molar-refractivity contribution in [3.05, 3.63) is 0 Å². The van der Waals surface area contributed by atoms with Gasteiger partial charge in [-0.25, -0.2) is 0 Å². The Bertz CT molecular complexity index is 244.